The molecule has 0 unspecified atom stereocenters. The standard InChI is InChI=1S/C14H16F5N3O2/c15-11(16)7-24-12-3-8(1-2-20-12)6-21-13(23)22-10-4-9(5-10)14(17,18)19/h1-3,9-11H,4-7H2,(H2,21,22,23). The maximum atomic E-state index is 12.3. The molecule has 1 aromatic heterocycles. The lowest BCUT2D eigenvalue weighted by Gasteiger charge is -2.36. The molecular formula is C14H16F5N3O2. The van der Waals surface area contributed by atoms with E-state index in [9.17, 15) is 26.7 Å². The Morgan fingerprint density at radius 3 is 2.71 bits per heavy atom. The van der Waals surface area contributed by atoms with Crippen LogP contribution < -0.4 is 15.4 Å². The molecule has 0 radical (unpaired) electrons. The number of pyridine rings is 1. The van der Waals surface area contributed by atoms with Gasteiger partial charge in [-0.05, 0) is 24.5 Å². The molecule has 0 atom stereocenters. The van der Waals surface area contributed by atoms with Gasteiger partial charge in [0.05, 0.1) is 5.92 Å². The van der Waals surface area contributed by atoms with Crippen LogP contribution in [0.1, 0.15) is 18.4 Å². The van der Waals surface area contributed by atoms with Crippen molar-refractivity contribution in [3.63, 3.8) is 0 Å². The first-order chi connectivity index (χ1) is 11.2. The molecule has 2 amide bonds. The molecule has 134 valence electrons. The summed E-state index contributed by atoms with van der Waals surface area (Å²) in [6.45, 7) is -0.721. The number of hydrogen-bond donors (Lipinski definition) is 2. The molecule has 1 saturated carbocycles. The zero-order valence-electron chi connectivity index (χ0n) is 12.4. The zero-order valence-corrected chi connectivity index (χ0v) is 12.4. The predicted molar refractivity (Wildman–Crippen MR) is 73.7 cm³/mol. The van der Waals surface area contributed by atoms with Crippen molar-refractivity contribution >= 4 is 6.03 Å². The van der Waals surface area contributed by atoms with Gasteiger partial charge < -0.3 is 15.4 Å². The van der Waals surface area contributed by atoms with Crippen LogP contribution in [0.25, 0.3) is 0 Å². The van der Waals surface area contributed by atoms with Crippen LogP contribution in [-0.4, -0.2) is 36.3 Å². The molecule has 1 fully saturated rings. The number of nitrogens with zero attached hydrogens (tertiary/aromatic N) is 1. The highest BCUT2D eigenvalue weighted by Crippen LogP contribution is 2.40. The van der Waals surface area contributed by atoms with Crippen molar-refractivity contribution in [2.75, 3.05) is 6.61 Å². The Bertz CT molecular complexity index is 562. The summed E-state index contributed by atoms with van der Waals surface area (Å²) in [6.07, 6.45) is -5.76. The van der Waals surface area contributed by atoms with E-state index in [1.165, 1.54) is 12.3 Å². The third-order valence-corrected chi connectivity index (χ3v) is 3.55. The third kappa shape index (κ3) is 5.50. The fraction of sp³-hybridized carbons (Fsp3) is 0.571. The lowest BCUT2D eigenvalue weighted by molar-refractivity contribution is -0.198. The highest BCUT2D eigenvalue weighted by atomic mass is 19.4. The number of rotatable bonds is 6. The van der Waals surface area contributed by atoms with Gasteiger partial charge in [-0.2, -0.15) is 13.2 Å². The van der Waals surface area contributed by atoms with Crippen molar-refractivity contribution in [2.24, 2.45) is 5.92 Å². The van der Waals surface area contributed by atoms with Gasteiger partial charge in [-0.3, -0.25) is 0 Å². The van der Waals surface area contributed by atoms with Gasteiger partial charge in [0, 0.05) is 24.8 Å². The van der Waals surface area contributed by atoms with E-state index in [1.54, 1.807) is 6.07 Å². The van der Waals surface area contributed by atoms with E-state index in [-0.39, 0.29) is 25.3 Å². The summed E-state index contributed by atoms with van der Waals surface area (Å²) in [6, 6.07) is 1.86. The second kappa shape index (κ2) is 7.63. The summed E-state index contributed by atoms with van der Waals surface area (Å²) in [4.78, 5) is 15.4. The Morgan fingerprint density at radius 1 is 1.38 bits per heavy atom. The highest BCUT2D eigenvalue weighted by Gasteiger charge is 2.48. The number of urea groups is 1. The molecular weight excluding hydrogens is 337 g/mol. The number of ether oxygens (including phenoxy) is 1. The summed E-state index contributed by atoms with van der Waals surface area (Å²) in [7, 11) is 0. The third-order valence-electron chi connectivity index (χ3n) is 3.55. The summed E-state index contributed by atoms with van der Waals surface area (Å²) in [5.41, 5.74) is 0.561. The van der Waals surface area contributed by atoms with Gasteiger partial charge in [0.15, 0.2) is 6.61 Å². The molecule has 0 aromatic carbocycles. The van der Waals surface area contributed by atoms with Crippen LogP contribution in [-0.2, 0) is 6.54 Å². The molecule has 0 saturated heterocycles. The normalized spacial score (nSPS) is 20.4. The minimum atomic E-state index is -4.22. The number of carbonyl (C=O) groups excluding carboxylic acids is 1. The minimum absolute atomic E-state index is 0.00187. The number of aromatic nitrogens is 1. The van der Waals surface area contributed by atoms with Crippen LogP contribution in [0, 0.1) is 5.92 Å². The maximum absolute atomic E-state index is 12.3. The molecule has 0 aliphatic heterocycles. The molecule has 2 rings (SSSR count). The quantitative estimate of drug-likeness (QED) is 0.773. The number of carbonyl (C=O) groups is 1. The molecule has 0 bridgehead atoms. The van der Waals surface area contributed by atoms with Crippen LogP contribution in [0.3, 0.4) is 0 Å². The molecule has 1 aliphatic carbocycles. The van der Waals surface area contributed by atoms with Gasteiger partial charge in [-0.1, -0.05) is 0 Å². The summed E-state index contributed by atoms with van der Waals surface area (Å²) >= 11 is 0. The van der Waals surface area contributed by atoms with Crippen LogP contribution in [0.15, 0.2) is 18.3 Å². The van der Waals surface area contributed by atoms with Crippen molar-refractivity contribution in [1.82, 2.24) is 15.6 Å². The first-order valence-electron chi connectivity index (χ1n) is 7.21. The number of nitrogens with one attached hydrogen (secondary N) is 2. The van der Waals surface area contributed by atoms with E-state index in [1.807, 2.05) is 0 Å². The van der Waals surface area contributed by atoms with E-state index in [0.717, 1.165) is 0 Å². The smallest absolute Gasteiger partial charge is 0.391 e. The molecule has 2 N–H and O–H groups in total. The van der Waals surface area contributed by atoms with Crippen molar-refractivity contribution in [3.05, 3.63) is 23.9 Å². The first-order valence-corrected chi connectivity index (χ1v) is 7.21. The fourth-order valence-electron chi connectivity index (χ4n) is 2.21. The Labute approximate surface area is 134 Å². The Kier molecular flexibility index (Phi) is 5.79. The predicted octanol–water partition coefficient (Wildman–Crippen LogP) is 2.87. The van der Waals surface area contributed by atoms with E-state index in [2.05, 4.69) is 15.6 Å². The van der Waals surface area contributed by atoms with Crippen LogP contribution in [0.2, 0.25) is 0 Å². The topological polar surface area (TPSA) is 63.2 Å². The van der Waals surface area contributed by atoms with E-state index in [0.29, 0.717) is 5.56 Å². The molecule has 1 heterocycles. The Morgan fingerprint density at radius 2 is 2.08 bits per heavy atom. The second-order valence-electron chi connectivity index (χ2n) is 5.44. The van der Waals surface area contributed by atoms with Gasteiger partial charge >= 0.3 is 12.2 Å². The van der Waals surface area contributed by atoms with Crippen molar-refractivity contribution in [3.8, 4) is 5.88 Å². The van der Waals surface area contributed by atoms with Gasteiger partial charge in [-0.25, -0.2) is 18.6 Å². The largest absolute Gasteiger partial charge is 0.472 e. The SMILES string of the molecule is O=C(NCc1ccnc(OCC(F)F)c1)NC1CC(C(F)(F)F)C1. The van der Waals surface area contributed by atoms with Gasteiger partial charge in [0.1, 0.15) is 0 Å². The van der Waals surface area contributed by atoms with Crippen LogP contribution >= 0.6 is 0 Å². The maximum Gasteiger partial charge on any atom is 0.391 e. The van der Waals surface area contributed by atoms with E-state index >= 15 is 0 Å². The molecule has 1 aliphatic rings. The minimum Gasteiger partial charge on any atom is -0.472 e. The average Bonchev–Trinajstić information content (AvgIpc) is 2.45. The fourth-order valence-corrected chi connectivity index (χ4v) is 2.21. The Balaban J connectivity index is 1.71. The summed E-state index contributed by atoms with van der Waals surface area (Å²) in [5.74, 6) is -1.36. The highest BCUT2D eigenvalue weighted by molar-refractivity contribution is 5.74. The number of amides is 2. The Hall–Kier alpha value is -2.13. The molecule has 1 aromatic rings. The lowest BCUT2D eigenvalue weighted by atomic mass is 9.80. The van der Waals surface area contributed by atoms with Crippen LogP contribution in [0.4, 0.5) is 26.7 Å². The molecule has 5 nitrogen and oxygen atoms in total. The first kappa shape index (κ1) is 18.2. The van der Waals surface area contributed by atoms with Crippen molar-refractivity contribution in [2.45, 2.75) is 38.0 Å². The molecule has 10 heteroatoms. The van der Waals surface area contributed by atoms with Gasteiger partial charge in [-0.15, -0.1) is 0 Å². The second-order valence-corrected chi connectivity index (χ2v) is 5.44. The van der Waals surface area contributed by atoms with Crippen molar-refractivity contribution in [1.29, 1.82) is 0 Å². The van der Waals surface area contributed by atoms with E-state index in [4.69, 9.17) is 4.74 Å². The number of alkyl halides is 5. The number of halogens is 5. The van der Waals surface area contributed by atoms with E-state index < -0.39 is 37.2 Å². The summed E-state index contributed by atoms with van der Waals surface area (Å²) < 4.78 is 65.9. The average molecular weight is 353 g/mol. The summed E-state index contributed by atoms with van der Waals surface area (Å²) in [5, 5.41) is 4.93. The molecule has 0 spiro atoms. The lowest BCUT2D eigenvalue weighted by Crippen LogP contribution is -2.51. The zero-order chi connectivity index (χ0) is 17.7. The van der Waals surface area contributed by atoms with Gasteiger partial charge in [0.25, 0.3) is 6.43 Å². The number of hydrogen-bond acceptors (Lipinski definition) is 3. The monoisotopic (exact) mass is 353 g/mol. The molecule has 24 heavy (non-hydrogen) atoms. The van der Waals surface area contributed by atoms with Crippen LogP contribution in [0.5, 0.6) is 5.88 Å². The van der Waals surface area contributed by atoms with Gasteiger partial charge in [0.2, 0.25) is 5.88 Å². The van der Waals surface area contributed by atoms with Crippen molar-refractivity contribution < 1.29 is 31.5 Å².